The van der Waals surface area contributed by atoms with E-state index < -0.39 is 7.63 Å². The van der Waals surface area contributed by atoms with E-state index in [0.29, 0.717) is 24.8 Å². The van der Waals surface area contributed by atoms with Crippen molar-refractivity contribution in [2.75, 3.05) is 32.8 Å². The molecule has 1 aliphatic carbocycles. The average molecular weight is 585 g/mol. The number of amides is 1. The molecule has 1 aliphatic rings. The normalized spacial score (nSPS) is 14.2. The molecule has 9 nitrogen and oxygen atoms in total. The molecule has 1 unspecified atom stereocenters. The first-order valence-electron chi connectivity index (χ1n) is 13.8. The van der Waals surface area contributed by atoms with E-state index in [-0.39, 0.29) is 12.5 Å². The summed E-state index contributed by atoms with van der Waals surface area (Å²) in [5.74, 6) is 0.718. The third-order valence-corrected chi connectivity index (χ3v) is 8.23. The van der Waals surface area contributed by atoms with Gasteiger partial charge in [0.25, 0.3) is 5.91 Å². The number of benzene rings is 2. The molecule has 2 aromatic heterocycles. The van der Waals surface area contributed by atoms with Gasteiger partial charge in [-0.25, -0.2) is 4.98 Å². The van der Waals surface area contributed by atoms with Crippen molar-refractivity contribution in [1.82, 2.24) is 20.2 Å². The van der Waals surface area contributed by atoms with Crippen LogP contribution in [0.5, 0.6) is 5.75 Å². The maximum absolute atomic E-state index is 12.7. The van der Waals surface area contributed by atoms with Gasteiger partial charge in [0.2, 0.25) is 0 Å². The Morgan fingerprint density at radius 1 is 1.20 bits per heavy atom. The second kappa shape index (κ2) is 12.5. The van der Waals surface area contributed by atoms with Gasteiger partial charge in [-0.2, -0.15) is 0 Å². The van der Waals surface area contributed by atoms with E-state index >= 15 is 0 Å². The zero-order chi connectivity index (χ0) is 28.3. The Balaban J connectivity index is 1.36. The standard InChI is InChI=1S/C29H38N4O5P2/c1-3-33(13-15-38-40(35,36)39)12-5-14-37-25-11-10-23(26-24-16-19(2)18-30-28(24)32-27(25)26)20-6-4-7-21(17-20)29(34)31-22-8-9-22/h4,6-7,10-11,16-18,22,35-36,40H,3,5,8-9,12-15,39H2,1-2H3,(H,30,32)(H,31,34). The quantitative estimate of drug-likeness (QED) is 0.130. The van der Waals surface area contributed by atoms with Crippen molar-refractivity contribution in [2.45, 2.75) is 39.2 Å². The van der Waals surface area contributed by atoms with Crippen LogP contribution in [0.4, 0.5) is 0 Å². The van der Waals surface area contributed by atoms with Gasteiger partial charge in [0.15, 0.2) is 0 Å². The summed E-state index contributed by atoms with van der Waals surface area (Å²) in [7, 11) is -1.59. The predicted octanol–water partition coefficient (Wildman–Crippen LogP) is 4.96. The molecular formula is C29H38N4O5P2. The van der Waals surface area contributed by atoms with Gasteiger partial charge in [-0.1, -0.05) is 12.1 Å². The number of H-pyrrole nitrogens is 1. The predicted molar refractivity (Wildman–Crippen MR) is 165 cm³/mol. The number of aromatic amines is 1. The first-order chi connectivity index (χ1) is 19.2. The molecule has 0 bridgehead atoms. The number of fused-ring (bicyclic) bond motifs is 3. The molecule has 11 heteroatoms. The third kappa shape index (κ3) is 7.16. The van der Waals surface area contributed by atoms with E-state index in [1.807, 2.05) is 52.4 Å². The number of nitrogens with zero attached hydrogens (tertiary/aromatic N) is 2. The average Bonchev–Trinajstić information content (AvgIpc) is 3.66. The number of aromatic nitrogens is 2. The minimum atomic E-state index is -3.57. The van der Waals surface area contributed by atoms with Gasteiger partial charge in [-0.3, -0.25) is 4.79 Å². The molecule has 1 fully saturated rings. The van der Waals surface area contributed by atoms with E-state index in [9.17, 15) is 14.6 Å². The van der Waals surface area contributed by atoms with Crippen LogP contribution in [0.2, 0.25) is 0 Å². The molecule has 0 radical (unpaired) electrons. The first kappa shape index (κ1) is 28.9. The number of rotatable bonds is 13. The van der Waals surface area contributed by atoms with Gasteiger partial charge in [0.1, 0.15) is 0 Å². The van der Waals surface area contributed by atoms with Crippen molar-refractivity contribution in [3.05, 3.63) is 59.8 Å². The van der Waals surface area contributed by atoms with Crippen LogP contribution in [0.15, 0.2) is 48.7 Å². The Bertz CT molecular complexity index is 1500. The molecule has 1 atom stereocenters. The fourth-order valence-corrected chi connectivity index (χ4v) is 5.62. The van der Waals surface area contributed by atoms with Crippen molar-refractivity contribution in [3.8, 4) is 16.9 Å². The number of hydrogen-bond acceptors (Lipinski definition) is 7. The van der Waals surface area contributed by atoms with Crippen molar-refractivity contribution < 1.29 is 23.8 Å². The number of aryl methyl sites for hydroxylation is 1. The van der Waals surface area contributed by atoms with Crippen LogP contribution in [0.25, 0.3) is 33.1 Å². The summed E-state index contributed by atoms with van der Waals surface area (Å²) in [5.41, 5.74) is 5.37. The topological polar surface area (TPSA) is 120 Å². The Morgan fingerprint density at radius 3 is 2.77 bits per heavy atom. The molecular weight excluding hydrogens is 546 g/mol. The van der Waals surface area contributed by atoms with Gasteiger partial charge in [0, 0.05) is 17.8 Å². The SMILES string of the molecule is CCN(CCCOc1ccc(-c2cccc(C(=O)NC3CC3)c2)c2c1[nH]c1ncc(C)cc12)CCO[PH](O)(O)P. The Hall–Kier alpha value is -2.64. The summed E-state index contributed by atoms with van der Waals surface area (Å²) in [4.78, 5) is 41.9. The third-order valence-electron chi connectivity index (χ3n) is 7.10. The van der Waals surface area contributed by atoms with Crippen LogP contribution in [0.1, 0.15) is 42.1 Å². The van der Waals surface area contributed by atoms with Crippen LogP contribution in [-0.4, -0.2) is 69.5 Å². The van der Waals surface area contributed by atoms with Gasteiger partial charge >= 0.3 is 137 Å². The molecule has 0 spiro atoms. The van der Waals surface area contributed by atoms with E-state index in [1.54, 1.807) is 0 Å². The van der Waals surface area contributed by atoms with Gasteiger partial charge < -0.3 is 5.32 Å². The molecule has 2 aromatic carbocycles. The summed E-state index contributed by atoms with van der Waals surface area (Å²) in [5, 5.41) is 5.12. The van der Waals surface area contributed by atoms with Crippen LogP contribution in [-0.2, 0) is 4.52 Å². The number of nitrogens with one attached hydrogen (secondary N) is 2. The van der Waals surface area contributed by atoms with Gasteiger partial charge in [-0.15, -0.1) is 0 Å². The molecule has 4 N–H and O–H groups in total. The van der Waals surface area contributed by atoms with Crippen molar-refractivity contribution >= 4 is 44.4 Å². The summed E-state index contributed by atoms with van der Waals surface area (Å²) in [6.07, 6.45) is 4.75. The number of likely N-dealkylation sites (N-methyl/N-ethyl adjacent to an activating group) is 1. The van der Waals surface area contributed by atoms with Crippen molar-refractivity contribution in [3.63, 3.8) is 0 Å². The molecule has 1 saturated carbocycles. The van der Waals surface area contributed by atoms with Gasteiger partial charge in [-0.05, 0) is 49.1 Å². The van der Waals surface area contributed by atoms with Crippen molar-refractivity contribution in [2.24, 2.45) is 0 Å². The van der Waals surface area contributed by atoms with E-state index in [4.69, 9.17) is 9.26 Å². The summed E-state index contributed by atoms with van der Waals surface area (Å²) < 4.78 is 11.4. The molecule has 0 saturated heterocycles. The fraction of sp³-hybridized carbons (Fsp3) is 0.379. The second-order valence-corrected chi connectivity index (χ2v) is 14.2. The maximum atomic E-state index is 12.7. The minimum absolute atomic E-state index is 0.0348. The Morgan fingerprint density at radius 2 is 2.02 bits per heavy atom. The van der Waals surface area contributed by atoms with E-state index in [2.05, 4.69) is 39.2 Å². The van der Waals surface area contributed by atoms with E-state index in [1.165, 1.54) is 0 Å². The monoisotopic (exact) mass is 584 g/mol. The Labute approximate surface area is 237 Å². The molecule has 5 rings (SSSR count). The van der Waals surface area contributed by atoms with Crippen LogP contribution in [0, 0.1) is 6.92 Å². The summed E-state index contributed by atoms with van der Waals surface area (Å²) >= 11 is 0. The molecule has 2 heterocycles. The van der Waals surface area contributed by atoms with Gasteiger partial charge in [0.05, 0.1) is 0 Å². The number of carbonyl (C=O) groups is 1. The summed E-state index contributed by atoms with van der Waals surface area (Å²) in [6, 6.07) is 14.2. The number of hydrogen-bond donors (Lipinski definition) is 4. The van der Waals surface area contributed by atoms with Crippen molar-refractivity contribution in [1.29, 1.82) is 0 Å². The molecule has 214 valence electrons. The second-order valence-electron chi connectivity index (χ2n) is 10.4. The molecule has 0 aliphatic heterocycles. The molecule has 4 aromatic rings. The van der Waals surface area contributed by atoms with Crippen LogP contribution < -0.4 is 10.1 Å². The van der Waals surface area contributed by atoms with Crippen LogP contribution >= 0.6 is 16.6 Å². The fourth-order valence-electron chi connectivity index (χ4n) is 4.87. The zero-order valence-electron chi connectivity index (χ0n) is 22.9. The molecule has 40 heavy (non-hydrogen) atoms. The summed E-state index contributed by atoms with van der Waals surface area (Å²) in [6.45, 7) is 7.13. The number of pyridine rings is 1. The van der Waals surface area contributed by atoms with Crippen LogP contribution in [0.3, 0.4) is 0 Å². The number of ether oxygens (including phenoxy) is 1. The first-order valence-corrected chi connectivity index (χ1v) is 17.4. The Kier molecular flexibility index (Phi) is 9.01. The van der Waals surface area contributed by atoms with E-state index in [0.717, 1.165) is 76.7 Å². The number of carbonyl (C=O) groups excluding carboxylic acids is 1. The zero-order valence-corrected chi connectivity index (χ0v) is 25.1. The molecule has 1 amide bonds.